The number of hydrogen-bond acceptors (Lipinski definition) is 2. The van der Waals surface area contributed by atoms with Gasteiger partial charge in [-0.25, -0.2) is 4.39 Å². The van der Waals surface area contributed by atoms with E-state index >= 15 is 0 Å². The van der Waals surface area contributed by atoms with Crippen LogP contribution in [0.5, 0.6) is 0 Å². The van der Waals surface area contributed by atoms with E-state index in [1.165, 1.54) is 24.3 Å². The van der Waals surface area contributed by atoms with E-state index in [1.807, 2.05) is 24.3 Å². The van der Waals surface area contributed by atoms with Crippen LogP contribution in [0.3, 0.4) is 0 Å². The summed E-state index contributed by atoms with van der Waals surface area (Å²) in [6.07, 6.45) is 1.45. The van der Waals surface area contributed by atoms with Crippen molar-refractivity contribution >= 4 is 22.7 Å². The third kappa shape index (κ3) is 2.99. The average molecular weight is 311 g/mol. The average Bonchev–Trinajstić information content (AvgIpc) is 2.96. The lowest BCUT2D eigenvalue weighted by molar-refractivity contribution is -0.138. The molecule has 0 radical (unpaired) electrons. The van der Waals surface area contributed by atoms with Gasteiger partial charge in [-0.15, -0.1) is 0 Å². The molecule has 1 aromatic heterocycles. The van der Waals surface area contributed by atoms with Gasteiger partial charge in [0, 0.05) is 29.1 Å². The number of aliphatic carboxylic acids is 1. The maximum atomic E-state index is 12.9. The molecule has 3 aromatic rings. The first-order valence-electron chi connectivity index (χ1n) is 7.14. The molecule has 0 saturated heterocycles. The summed E-state index contributed by atoms with van der Waals surface area (Å²) in [5.41, 5.74) is 1.70. The number of hydrogen-bond donors (Lipinski definition) is 2. The fraction of sp³-hybridized carbons (Fsp3) is 0.111. The van der Waals surface area contributed by atoms with Crippen molar-refractivity contribution in [2.75, 3.05) is 0 Å². The molecule has 2 aromatic carbocycles. The number of nitrogens with one attached hydrogen (secondary N) is 1. The number of para-hydroxylation sites is 1. The molecular formula is C18H14FNO3. The van der Waals surface area contributed by atoms with Crippen LogP contribution in [-0.4, -0.2) is 21.8 Å². The first kappa shape index (κ1) is 15.0. The highest BCUT2D eigenvalue weighted by molar-refractivity contribution is 6.00. The van der Waals surface area contributed by atoms with E-state index in [0.29, 0.717) is 11.1 Å². The second kappa shape index (κ2) is 6.04. The van der Waals surface area contributed by atoms with Gasteiger partial charge in [0.25, 0.3) is 0 Å². The Kier molecular flexibility index (Phi) is 3.93. The highest BCUT2D eigenvalue weighted by Crippen LogP contribution is 2.29. The Morgan fingerprint density at radius 2 is 1.78 bits per heavy atom. The molecule has 3 rings (SSSR count). The highest BCUT2D eigenvalue weighted by atomic mass is 19.1. The van der Waals surface area contributed by atoms with E-state index in [0.717, 1.165) is 10.9 Å². The largest absolute Gasteiger partial charge is 0.481 e. The lowest BCUT2D eigenvalue weighted by Gasteiger charge is -2.11. The van der Waals surface area contributed by atoms with Gasteiger partial charge in [-0.05, 0) is 35.9 Å². The second-order valence-corrected chi connectivity index (χ2v) is 5.31. The van der Waals surface area contributed by atoms with Gasteiger partial charge in [-0.1, -0.05) is 18.2 Å². The molecule has 1 heterocycles. The normalized spacial score (nSPS) is 12.2. The second-order valence-electron chi connectivity index (χ2n) is 5.31. The van der Waals surface area contributed by atoms with Crippen LogP contribution < -0.4 is 0 Å². The zero-order chi connectivity index (χ0) is 16.4. The van der Waals surface area contributed by atoms with Crippen molar-refractivity contribution in [3.63, 3.8) is 0 Å². The van der Waals surface area contributed by atoms with Gasteiger partial charge in [0.15, 0.2) is 5.78 Å². The van der Waals surface area contributed by atoms with Crippen LogP contribution in [0.15, 0.2) is 54.7 Å². The van der Waals surface area contributed by atoms with Gasteiger partial charge >= 0.3 is 5.97 Å². The van der Waals surface area contributed by atoms with E-state index in [-0.39, 0.29) is 12.2 Å². The van der Waals surface area contributed by atoms with Crippen molar-refractivity contribution in [2.45, 2.75) is 12.3 Å². The molecule has 4 nitrogen and oxygen atoms in total. The fourth-order valence-corrected chi connectivity index (χ4v) is 2.65. The summed E-state index contributed by atoms with van der Waals surface area (Å²) in [5.74, 6) is -2.79. The van der Waals surface area contributed by atoms with Crippen molar-refractivity contribution in [1.82, 2.24) is 4.98 Å². The molecule has 5 heteroatoms. The number of halogens is 1. The third-order valence-corrected chi connectivity index (χ3v) is 3.85. The van der Waals surface area contributed by atoms with Crippen molar-refractivity contribution in [1.29, 1.82) is 0 Å². The van der Waals surface area contributed by atoms with Crippen molar-refractivity contribution in [3.8, 4) is 0 Å². The van der Waals surface area contributed by atoms with Gasteiger partial charge < -0.3 is 10.1 Å². The van der Waals surface area contributed by atoms with Gasteiger partial charge in [0.2, 0.25) is 0 Å². The summed E-state index contributed by atoms with van der Waals surface area (Å²) in [5, 5.41) is 10.3. The summed E-state index contributed by atoms with van der Waals surface area (Å²) in [6, 6.07) is 12.4. The SMILES string of the molecule is O=C(CC(C(=O)O)c1c[nH]c2ccccc12)c1ccc(F)cc1. The van der Waals surface area contributed by atoms with Crippen LogP contribution in [0.2, 0.25) is 0 Å². The van der Waals surface area contributed by atoms with Crippen molar-refractivity contribution in [3.05, 3.63) is 71.7 Å². The van der Waals surface area contributed by atoms with Crippen molar-refractivity contribution in [2.24, 2.45) is 0 Å². The Bertz CT molecular complexity index is 867. The summed E-state index contributed by atoms with van der Waals surface area (Å²) in [4.78, 5) is 27.0. The van der Waals surface area contributed by atoms with Crippen LogP contribution in [-0.2, 0) is 4.79 Å². The minimum Gasteiger partial charge on any atom is -0.481 e. The number of H-pyrrole nitrogens is 1. The Hall–Kier alpha value is -2.95. The zero-order valence-corrected chi connectivity index (χ0v) is 12.1. The molecule has 0 aliphatic heterocycles. The van der Waals surface area contributed by atoms with Gasteiger partial charge in [-0.2, -0.15) is 0 Å². The molecule has 0 aliphatic rings. The Morgan fingerprint density at radius 3 is 2.48 bits per heavy atom. The lowest BCUT2D eigenvalue weighted by atomic mass is 9.91. The number of carboxylic acids is 1. The van der Waals surface area contributed by atoms with Crippen LogP contribution in [0.4, 0.5) is 4.39 Å². The quantitative estimate of drug-likeness (QED) is 0.705. The van der Waals surface area contributed by atoms with E-state index in [9.17, 15) is 19.1 Å². The maximum Gasteiger partial charge on any atom is 0.311 e. The standard InChI is InChI=1S/C18H14FNO3/c19-12-7-5-11(6-8-12)17(21)9-14(18(22)23)15-10-20-16-4-2-1-3-13(15)16/h1-8,10,14,20H,9H2,(H,22,23). The van der Waals surface area contributed by atoms with E-state index < -0.39 is 17.7 Å². The van der Waals surface area contributed by atoms with Gasteiger partial charge in [0.05, 0.1) is 5.92 Å². The highest BCUT2D eigenvalue weighted by Gasteiger charge is 2.26. The number of carbonyl (C=O) groups excluding carboxylic acids is 1. The molecule has 23 heavy (non-hydrogen) atoms. The monoisotopic (exact) mass is 311 g/mol. The number of aromatic nitrogens is 1. The third-order valence-electron chi connectivity index (χ3n) is 3.85. The topological polar surface area (TPSA) is 70.2 Å². The smallest absolute Gasteiger partial charge is 0.311 e. The number of ketones is 1. The first-order valence-corrected chi connectivity index (χ1v) is 7.14. The number of aromatic amines is 1. The van der Waals surface area contributed by atoms with Gasteiger partial charge in [0.1, 0.15) is 5.82 Å². The van der Waals surface area contributed by atoms with Crippen LogP contribution in [0.1, 0.15) is 28.3 Å². The number of carboxylic acid groups (broad SMARTS) is 1. The number of carbonyl (C=O) groups is 2. The zero-order valence-electron chi connectivity index (χ0n) is 12.1. The number of benzene rings is 2. The minimum atomic E-state index is -1.06. The summed E-state index contributed by atoms with van der Waals surface area (Å²) >= 11 is 0. The summed E-state index contributed by atoms with van der Waals surface area (Å²) in [6.45, 7) is 0. The Morgan fingerprint density at radius 1 is 1.09 bits per heavy atom. The Balaban J connectivity index is 1.92. The molecule has 0 fully saturated rings. The van der Waals surface area contributed by atoms with E-state index in [4.69, 9.17) is 0 Å². The first-order chi connectivity index (χ1) is 11.1. The predicted octanol–water partition coefficient (Wildman–Crippen LogP) is 3.75. The molecule has 116 valence electrons. The predicted molar refractivity (Wildman–Crippen MR) is 84.0 cm³/mol. The fourth-order valence-electron chi connectivity index (χ4n) is 2.65. The van der Waals surface area contributed by atoms with Crippen LogP contribution in [0, 0.1) is 5.82 Å². The molecule has 0 spiro atoms. The van der Waals surface area contributed by atoms with Crippen LogP contribution in [0.25, 0.3) is 10.9 Å². The number of rotatable bonds is 5. The molecule has 0 bridgehead atoms. The van der Waals surface area contributed by atoms with E-state index in [2.05, 4.69) is 4.98 Å². The van der Waals surface area contributed by atoms with Crippen LogP contribution >= 0.6 is 0 Å². The number of Topliss-reactive ketones (excluding diaryl/α,β-unsaturated/α-hetero) is 1. The lowest BCUT2D eigenvalue weighted by Crippen LogP contribution is -2.16. The Labute approximate surface area is 131 Å². The molecule has 0 amide bonds. The van der Waals surface area contributed by atoms with Crippen molar-refractivity contribution < 1.29 is 19.1 Å². The molecule has 0 aliphatic carbocycles. The molecule has 0 saturated carbocycles. The van der Waals surface area contributed by atoms with E-state index in [1.54, 1.807) is 6.20 Å². The molecule has 1 unspecified atom stereocenters. The summed E-state index contributed by atoms with van der Waals surface area (Å²) < 4.78 is 12.9. The molecular weight excluding hydrogens is 297 g/mol. The maximum absolute atomic E-state index is 12.9. The van der Waals surface area contributed by atoms with Gasteiger partial charge in [-0.3, -0.25) is 9.59 Å². The molecule has 1 atom stereocenters. The molecule has 2 N–H and O–H groups in total. The minimum absolute atomic E-state index is 0.178. The number of fused-ring (bicyclic) bond motifs is 1. The summed E-state index contributed by atoms with van der Waals surface area (Å²) in [7, 11) is 0.